The molecule has 170 valence electrons. The molecule has 0 aliphatic heterocycles. The largest absolute Gasteiger partial charge is 0.467 e. The summed E-state index contributed by atoms with van der Waals surface area (Å²) in [7, 11) is 3.78. The van der Waals surface area contributed by atoms with E-state index in [2.05, 4.69) is 10.4 Å². The van der Waals surface area contributed by atoms with Crippen molar-refractivity contribution in [1.82, 2.24) is 20.0 Å². The average Bonchev–Trinajstić information content (AvgIpc) is 3.18. The summed E-state index contributed by atoms with van der Waals surface area (Å²) in [5, 5.41) is 6.52. The number of rotatable bonds is 8. The van der Waals surface area contributed by atoms with Gasteiger partial charge in [0.05, 0.1) is 16.8 Å². The Bertz CT molecular complexity index is 1050. The van der Waals surface area contributed by atoms with Gasteiger partial charge in [-0.1, -0.05) is 54.1 Å². The van der Waals surface area contributed by atoms with Crippen LogP contribution >= 0.6 is 11.6 Å². The summed E-state index contributed by atoms with van der Waals surface area (Å²) in [6.45, 7) is -0.181. The third-order valence-corrected chi connectivity index (χ3v) is 5.02. The second-order valence-corrected chi connectivity index (χ2v) is 7.62. The molecule has 32 heavy (non-hydrogen) atoms. The van der Waals surface area contributed by atoms with E-state index >= 15 is 0 Å². The number of nitrogens with one attached hydrogen (secondary N) is 1. The Morgan fingerprint density at radius 3 is 2.44 bits per heavy atom. The zero-order valence-corrected chi connectivity index (χ0v) is 18.2. The van der Waals surface area contributed by atoms with E-state index in [1.807, 2.05) is 49.3 Å². The number of amides is 1. The van der Waals surface area contributed by atoms with Crippen molar-refractivity contribution in [3.8, 4) is 11.6 Å². The zero-order chi connectivity index (χ0) is 23.3. The van der Waals surface area contributed by atoms with E-state index in [9.17, 15) is 18.0 Å². The molecule has 1 unspecified atom stereocenters. The van der Waals surface area contributed by atoms with Gasteiger partial charge in [-0.2, -0.15) is 23.0 Å². The molecule has 0 aliphatic rings. The van der Waals surface area contributed by atoms with E-state index in [0.717, 1.165) is 16.3 Å². The Hall–Kier alpha value is -3.04. The first-order valence-electron chi connectivity index (χ1n) is 9.70. The van der Waals surface area contributed by atoms with Gasteiger partial charge in [0, 0.05) is 12.6 Å². The molecule has 6 nitrogen and oxygen atoms in total. The Morgan fingerprint density at radius 1 is 1.16 bits per heavy atom. The fraction of sp³-hybridized carbons (Fsp3) is 0.273. The molecule has 3 rings (SSSR count). The van der Waals surface area contributed by atoms with Crippen molar-refractivity contribution in [3.63, 3.8) is 0 Å². The summed E-state index contributed by atoms with van der Waals surface area (Å²) in [4.78, 5) is 14.3. The molecule has 1 heterocycles. The van der Waals surface area contributed by atoms with Crippen LogP contribution in [0.4, 0.5) is 13.2 Å². The molecule has 1 amide bonds. The van der Waals surface area contributed by atoms with Crippen LogP contribution in [0.1, 0.15) is 17.3 Å². The van der Waals surface area contributed by atoms with Gasteiger partial charge in [-0.05, 0) is 31.8 Å². The zero-order valence-electron chi connectivity index (χ0n) is 17.4. The van der Waals surface area contributed by atoms with Crippen molar-refractivity contribution in [3.05, 3.63) is 76.9 Å². The van der Waals surface area contributed by atoms with Crippen molar-refractivity contribution < 1.29 is 22.7 Å². The van der Waals surface area contributed by atoms with Gasteiger partial charge in [-0.25, -0.2) is 0 Å². The molecule has 10 heteroatoms. The molecule has 0 radical (unpaired) electrons. The minimum absolute atomic E-state index is 0.0781. The summed E-state index contributed by atoms with van der Waals surface area (Å²) in [6, 6.07) is 16.6. The molecule has 0 aliphatic carbocycles. The van der Waals surface area contributed by atoms with Crippen LogP contribution in [0.3, 0.4) is 0 Å². The first-order chi connectivity index (χ1) is 15.2. The number of carbonyl (C=O) groups excluding carboxylic acids is 1. The van der Waals surface area contributed by atoms with Crippen molar-refractivity contribution >= 4 is 17.5 Å². The van der Waals surface area contributed by atoms with Crippen LogP contribution in [0, 0.1) is 0 Å². The van der Waals surface area contributed by atoms with Gasteiger partial charge < -0.3 is 15.0 Å². The van der Waals surface area contributed by atoms with Crippen LogP contribution in [0.5, 0.6) is 5.88 Å². The Kier molecular flexibility index (Phi) is 7.42. The van der Waals surface area contributed by atoms with Gasteiger partial charge >= 0.3 is 6.18 Å². The van der Waals surface area contributed by atoms with Crippen molar-refractivity contribution in [2.75, 3.05) is 27.2 Å². The molecule has 1 aromatic heterocycles. The predicted octanol–water partition coefficient (Wildman–Crippen LogP) is 4.34. The molecule has 1 N–H and O–H groups in total. The normalized spacial score (nSPS) is 12.6. The maximum atomic E-state index is 13.2. The van der Waals surface area contributed by atoms with Crippen molar-refractivity contribution in [1.29, 1.82) is 0 Å². The Balaban J connectivity index is 1.71. The molecule has 1 atom stereocenters. The summed E-state index contributed by atoms with van der Waals surface area (Å²) < 4.78 is 45.9. The predicted molar refractivity (Wildman–Crippen MR) is 115 cm³/mol. The fourth-order valence-corrected chi connectivity index (χ4v) is 3.29. The van der Waals surface area contributed by atoms with Crippen LogP contribution in [0.15, 0.2) is 60.7 Å². The molecule has 3 aromatic rings. The SMILES string of the molecule is CN(C)C(CNC(=O)COc1cc(C(F)(F)F)nn1-c1ccccc1Cl)c1ccccc1. The smallest absolute Gasteiger partial charge is 0.435 e. The third-order valence-electron chi connectivity index (χ3n) is 4.70. The highest BCUT2D eigenvalue weighted by Gasteiger charge is 2.36. The van der Waals surface area contributed by atoms with Crippen LogP contribution in [-0.4, -0.2) is 47.8 Å². The fourth-order valence-electron chi connectivity index (χ4n) is 3.08. The van der Waals surface area contributed by atoms with E-state index < -0.39 is 24.4 Å². The summed E-state index contributed by atoms with van der Waals surface area (Å²) in [5.41, 5.74) is 0.0757. The van der Waals surface area contributed by atoms with Gasteiger partial charge in [-0.3, -0.25) is 4.79 Å². The summed E-state index contributed by atoms with van der Waals surface area (Å²) >= 11 is 6.11. The van der Waals surface area contributed by atoms with Crippen LogP contribution < -0.4 is 10.1 Å². The topological polar surface area (TPSA) is 59.4 Å². The van der Waals surface area contributed by atoms with Gasteiger partial charge in [0.1, 0.15) is 0 Å². The van der Waals surface area contributed by atoms with E-state index in [0.29, 0.717) is 6.54 Å². The van der Waals surface area contributed by atoms with Crippen LogP contribution in [-0.2, 0) is 11.0 Å². The van der Waals surface area contributed by atoms with E-state index in [4.69, 9.17) is 16.3 Å². The highest BCUT2D eigenvalue weighted by Crippen LogP contribution is 2.33. The molecule has 0 bridgehead atoms. The Labute approximate surface area is 188 Å². The first kappa shape index (κ1) is 23.6. The monoisotopic (exact) mass is 466 g/mol. The van der Waals surface area contributed by atoms with E-state index in [1.165, 1.54) is 12.1 Å². The van der Waals surface area contributed by atoms with Gasteiger partial charge in [-0.15, -0.1) is 0 Å². The van der Waals surface area contributed by atoms with E-state index in [-0.39, 0.29) is 22.6 Å². The number of benzene rings is 2. The number of nitrogens with zero attached hydrogens (tertiary/aromatic N) is 3. The maximum absolute atomic E-state index is 13.2. The molecule has 0 spiro atoms. The first-order valence-corrected chi connectivity index (χ1v) is 10.1. The highest BCUT2D eigenvalue weighted by atomic mass is 35.5. The number of halogens is 4. The standard InChI is InChI=1S/C22H22ClF3N4O2/c1-29(2)18(15-8-4-3-5-9-15)13-27-20(31)14-32-21-12-19(22(24,25)26)28-30(21)17-11-7-6-10-16(17)23/h3-12,18H,13-14H2,1-2H3,(H,27,31). The second kappa shape index (κ2) is 10.1. The van der Waals surface area contributed by atoms with Crippen LogP contribution in [0.25, 0.3) is 5.69 Å². The molecular weight excluding hydrogens is 445 g/mol. The lowest BCUT2D eigenvalue weighted by atomic mass is 10.1. The minimum atomic E-state index is -4.68. The maximum Gasteiger partial charge on any atom is 0.435 e. The highest BCUT2D eigenvalue weighted by molar-refractivity contribution is 6.32. The van der Waals surface area contributed by atoms with Crippen LogP contribution in [0.2, 0.25) is 5.02 Å². The second-order valence-electron chi connectivity index (χ2n) is 7.21. The molecule has 0 saturated heterocycles. The Morgan fingerprint density at radius 2 is 1.81 bits per heavy atom. The van der Waals surface area contributed by atoms with Crippen molar-refractivity contribution in [2.24, 2.45) is 0 Å². The lowest BCUT2D eigenvalue weighted by Crippen LogP contribution is -2.37. The number of hydrogen-bond acceptors (Lipinski definition) is 4. The number of para-hydroxylation sites is 1. The van der Waals surface area contributed by atoms with Crippen molar-refractivity contribution in [2.45, 2.75) is 12.2 Å². The quantitative estimate of drug-likeness (QED) is 0.536. The third kappa shape index (κ3) is 5.80. The molecular formula is C22H22ClF3N4O2. The number of alkyl halides is 3. The summed E-state index contributed by atoms with van der Waals surface area (Å²) in [5.74, 6) is -0.721. The molecule has 2 aromatic carbocycles. The summed E-state index contributed by atoms with van der Waals surface area (Å²) in [6.07, 6.45) is -4.68. The molecule has 0 fully saturated rings. The average molecular weight is 467 g/mol. The number of likely N-dealkylation sites (N-methyl/N-ethyl adjacent to an activating group) is 1. The van der Waals surface area contributed by atoms with Gasteiger partial charge in [0.2, 0.25) is 5.88 Å². The number of hydrogen-bond donors (Lipinski definition) is 1. The number of aromatic nitrogens is 2. The number of carbonyl (C=O) groups is 1. The number of ether oxygens (including phenoxy) is 1. The van der Waals surface area contributed by atoms with Gasteiger partial charge in [0.25, 0.3) is 5.91 Å². The van der Waals surface area contributed by atoms with E-state index in [1.54, 1.807) is 12.1 Å². The van der Waals surface area contributed by atoms with Gasteiger partial charge in [0.15, 0.2) is 12.3 Å². The molecule has 0 saturated carbocycles. The lowest BCUT2D eigenvalue weighted by molar-refractivity contribution is -0.141. The minimum Gasteiger partial charge on any atom is -0.467 e. The lowest BCUT2D eigenvalue weighted by Gasteiger charge is -2.25.